The van der Waals surface area contributed by atoms with Crippen molar-refractivity contribution in [2.45, 2.75) is 25.8 Å². The second-order valence-electron chi connectivity index (χ2n) is 8.72. The quantitative estimate of drug-likeness (QED) is 0.362. The van der Waals surface area contributed by atoms with Crippen LogP contribution < -0.4 is 10.1 Å². The summed E-state index contributed by atoms with van der Waals surface area (Å²) in [7, 11) is 1.63. The molecule has 0 aliphatic carbocycles. The molecule has 34 heavy (non-hydrogen) atoms. The van der Waals surface area contributed by atoms with Gasteiger partial charge in [-0.3, -0.25) is 9.59 Å². The van der Waals surface area contributed by atoms with Crippen molar-refractivity contribution in [1.82, 2.24) is 9.88 Å². The van der Waals surface area contributed by atoms with Crippen LogP contribution in [-0.4, -0.2) is 35.4 Å². The molecule has 174 valence electrons. The first-order valence-electron chi connectivity index (χ1n) is 11.1. The molecule has 0 bridgehead atoms. The lowest BCUT2D eigenvalue weighted by atomic mass is 9.81. The lowest BCUT2D eigenvalue weighted by Crippen LogP contribution is -2.47. The third-order valence-electron chi connectivity index (χ3n) is 5.94. The average molecular weight is 492 g/mol. The van der Waals surface area contributed by atoms with Crippen LogP contribution in [0.3, 0.4) is 0 Å². The number of carbonyl (C=O) groups is 2. The summed E-state index contributed by atoms with van der Waals surface area (Å²) in [5.74, 6) is 0.264. The molecule has 1 aliphatic heterocycles. The van der Waals surface area contributed by atoms with Crippen LogP contribution in [0.5, 0.6) is 5.75 Å². The first-order valence-corrected chi connectivity index (χ1v) is 12.8. The second kappa shape index (κ2) is 9.19. The van der Waals surface area contributed by atoms with Crippen LogP contribution in [0.25, 0.3) is 10.2 Å². The van der Waals surface area contributed by atoms with E-state index >= 15 is 0 Å². The Balaban J connectivity index is 1.57. The molecule has 0 spiro atoms. The molecular weight excluding hydrogens is 466 g/mol. The van der Waals surface area contributed by atoms with E-state index in [2.05, 4.69) is 24.1 Å². The highest BCUT2D eigenvalue weighted by Crippen LogP contribution is 2.45. The molecule has 0 saturated carbocycles. The van der Waals surface area contributed by atoms with Gasteiger partial charge in [-0.1, -0.05) is 49.4 Å². The zero-order valence-electron chi connectivity index (χ0n) is 19.1. The highest BCUT2D eigenvalue weighted by molar-refractivity contribution is 7.22. The van der Waals surface area contributed by atoms with Gasteiger partial charge >= 0.3 is 0 Å². The fourth-order valence-electron chi connectivity index (χ4n) is 4.51. The van der Waals surface area contributed by atoms with Gasteiger partial charge in [-0.25, -0.2) is 4.98 Å². The summed E-state index contributed by atoms with van der Waals surface area (Å²) in [4.78, 5) is 34.9. The SMILES string of the molecule is COc1ccc2nc(NC(=O)[C@@H]3c4ccccc4C(=O)N(CC(C)C)[C@H]3c3cccs3)sc2c1. The topological polar surface area (TPSA) is 71.5 Å². The van der Waals surface area contributed by atoms with Crippen molar-refractivity contribution in [2.75, 3.05) is 19.0 Å². The number of benzene rings is 2. The Hall–Kier alpha value is -3.23. The number of fused-ring (bicyclic) bond motifs is 2. The molecule has 1 N–H and O–H groups in total. The Labute approximate surface area is 206 Å². The molecule has 2 aromatic carbocycles. The molecule has 4 aromatic rings. The maximum Gasteiger partial charge on any atom is 0.254 e. The highest BCUT2D eigenvalue weighted by atomic mass is 32.1. The zero-order valence-corrected chi connectivity index (χ0v) is 20.8. The Morgan fingerprint density at radius 3 is 2.74 bits per heavy atom. The number of thiazole rings is 1. The average Bonchev–Trinajstić information content (AvgIpc) is 3.49. The maximum absolute atomic E-state index is 13.9. The van der Waals surface area contributed by atoms with Gasteiger partial charge in [-0.15, -0.1) is 11.3 Å². The number of hydrogen-bond acceptors (Lipinski definition) is 6. The first-order chi connectivity index (χ1) is 16.5. The van der Waals surface area contributed by atoms with E-state index < -0.39 is 5.92 Å². The smallest absolute Gasteiger partial charge is 0.254 e. The summed E-state index contributed by atoms with van der Waals surface area (Å²) in [6, 6.07) is 16.7. The largest absolute Gasteiger partial charge is 0.497 e. The van der Waals surface area contributed by atoms with Crippen LogP contribution in [0.15, 0.2) is 60.0 Å². The number of methoxy groups -OCH3 is 1. The van der Waals surface area contributed by atoms with Crippen molar-refractivity contribution in [3.8, 4) is 5.75 Å². The van der Waals surface area contributed by atoms with Crippen molar-refractivity contribution in [3.05, 3.63) is 76.0 Å². The van der Waals surface area contributed by atoms with E-state index in [9.17, 15) is 9.59 Å². The Kier molecular flexibility index (Phi) is 6.10. The van der Waals surface area contributed by atoms with Gasteiger partial charge in [0.05, 0.1) is 29.3 Å². The van der Waals surface area contributed by atoms with Gasteiger partial charge in [-0.2, -0.15) is 0 Å². The number of nitrogens with one attached hydrogen (secondary N) is 1. The molecule has 6 nitrogen and oxygen atoms in total. The summed E-state index contributed by atoms with van der Waals surface area (Å²) in [6.45, 7) is 4.74. The summed E-state index contributed by atoms with van der Waals surface area (Å²) in [5.41, 5.74) is 2.15. The number of anilines is 1. The lowest BCUT2D eigenvalue weighted by molar-refractivity contribution is -0.119. The minimum Gasteiger partial charge on any atom is -0.497 e. The number of aromatic nitrogens is 1. The van der Waals surface area contributed by atoms with E-state index in [4.69, 9.17) is 4.74 Å². The van der Waals surface area contributed by atoms with Crippen molar-refractivity contribution >= 4 is 49.8 Å². The van der Waals surface area contributed by atoms with Crippen LogP contribution in [0.1, 0.15) is 46.6 Å². The Bertz CT molecular complexity index is 1350. The molecule has 0 fully saturated rings. The number of hydrogen-bond donors (Lipinski definition) is 1. The minimum absolute atomic E-state index is 0.0289. The number of thiophene rings is 1. The van der Waals surface area contributed by atoms with Crippen molar-refractivity contribution < 1.29 is 14.3 Å². The van der Waals surface area contributed by atoms with Crippen LogP contribution in [0.2, 0.25) is 0 Å². The molecular formula is C26H25N3O3S2. The lowest BCUT2D eigenvalue weighted by Gasteiger charge is -2.41. The molecule has 2 atom stereocenters. The Morgan fingerprint density at radius 2 is 2.00 bits per heavy atom. The molecule has 3 heterocycles. The zero-order chi connectivity index (χ0) is 23.8. The fourth-order valence-corrected chi connectivity index (χ4v) is 6.29. The molecule has 0 unspecified atom stereocenters. The third-order valence-corrected chi connectivity index (χ3v) is 7.82. The molecule has 0 saturated heterocycles. The van der Waals surface area contributed by atoms with Crippen molar-refractivity contribution in [3.63, 3.8) is 0 Å². The molecule has 8 heteroatoms. The van der Waals surface area contributed by atoms with Crippen LogP contribution in [-0.2, 0) is 4.79 Å². The highest BCUT2D eigenvalue weighted by Gasteiger charge is 2.44. The number of nitrogens with zero attached hydrogens (tertiary/aromatic N) is 2. The van der Waals surface area contributed by atoms with Gasteiger partial charge in [0.15, 0.2) is 5.13 Å². The van der Waals surface area contributed by atoms with Crippen molar-refractivity contribution in [1.29, 1.82) is 0 Å². The summed E-state index contributed by atoms with van der Waals surface area (Å²) in [5, 5.41) is 5.57. The second-order valence-corrected chi connectivity index (χ2v) is 10.7. The predicted molar refractivity (Wildman–Crippen MR) is 137 cm³/mol. The van der Waals surface area contributed by atoms with Gasteiger partial charge in [0.25, 0.3) is 5.91 Å². The Morgan fingerprint density at radius 1 is 1.18 bits per heavy atom. The van der Waals surface area contributed by atoms with E-state index in [-0.39, 0.29) is 23.8 Å². The van der Waals surface area contributed by atoms with Gasteiger partial charge in [0.1, 0.15) is 5.75 Å². The van der Waals surface area contributed by atoms with Gasteiger partial charge in [0, 0.05) is 17.0 Å². The third kappa shape index (κ3) is 4.08. The molecule has 2 amide bonds. The molecule has 1 aliphatic rings. The summed E-state index contributed by atoms with van der Waals surface area (Å²) in [6.07, 6.45) is 0. The number of rotatable bonds is 6. The maximum atomic E-state index is 13.9. The normalized spacial score (nSPS) is 17.8. The van der Waals surface area contributed by atoms with E-state index in [0.717, 1.165) is 26.4 Å². The predicted octanol–water partition coefficient (Wildman–Crippen LogP) is 5.94. The van der Waals surface area contributed by atoms with Gasteiger partial charge < -0.3 is 15.0 Å². The standard InChI is InChI=1S/C26H25N3O3S2/c1-15(2)14-29-23(20-9-6-12-33-20)22(17-7-4-5-8-18(17)25(29)31)24(30)28-26-27-19-11-10-16(32-3)13-21(19)34-26/h4-13,15,22-23H,14H2,1-3H3,(H,27,28,30)/t22-,23+/m1/s1. The molecule has 2 aromatic heterocycles. The van der Waals surface area contributed by atoms with Crippen LogP contribution in [0, 0.1) is 5.92 Å². The van der Waals surface area contributed by atoms with Crippen LogP contribution in [0.4, 0.5) is 5.13 Å². The van der Waals surface area contributed by atoms with Gasteiger partial charge in [0.2, 0.25) is 5.91 Å². The summed E-state index contributed by atoms with van der Waals surface area (Å²) < 4.78 is 6.25. The van der Waals surface area contributed by atoms with Gasteiger partial charge in [-0.05, 0) is 47.2 Å². The summed E-state index contributed by atoms with van der Waals surface area (Å²) >= 11 is 2.98. The molecule has 5 rings (SSSR count). The monoisotopic (exact) mass is 491 g/mol. The number of ether oxygens (including phenoxy) is 1. The van der Waals surface area contributed by atoms with E-state index in [1.807, 2.05) is 64.9 Å². The minimum atomic E-state index is -0.548. The van der Waals surface area contributed by atoms with Crippen LogP contribution >= 0.6 is 22.7 Å². The van der Waals surface area contributed by atoms with E-state index in [1.165, 1.54) is 11.3 Å². The first kappa shape index (κ1) is 22.6. The number of carbonyl (C=O) groups excluding carboxylic acids is 2. The van der Waals surface area contributed by atoms with Crippen molar-refractivity contribution in [2.24, 2.45) is 5.92 Å². The molecule has 0 radical (unpaired) electrons. The fraction of sp³-hybridized carbons (Fsp3) is 0.269. The number of amides is 2. The van der Waals surface area contributed by atoms with E-state index in [0.29, 0.717) is 17.2 Å². The van der Waals surface area contributed by atoms with E-state index in [1.54, 1.807) is 18.4 Å².